The summed E-state index contributed by atoms with van der Waals surface area (Å²) in [5.74, 6) is 1.20. The molecule has 0 radical (unpaired) electrons. The first-order valence-electron chi connectivity index (χ1n) is 6.43. The summed E-state index contributed by atoms with van der Waals surface area (Å²) in [5.41, 5.74) is 2.38. The quantitative estimate of drug-likeness (QED) is 0.621. The van der Waals surface area contributed by atoms with E-state index in [2.05, 4.69) is 6.07 Å². The van der Waals surface area contributed by atoms with E-state index in [1.807, 2.05) is 6.07 Å². The molecule has 1 heterocycles. The highest BCUT2D eigenvalue weighted by Crippen LogP contribution is 2.38. The van der Waals surface area contributed by atoms with Gasteiger partial charge in [0.2, 0.25) is 6.79 Å². The van der Waals surface area contributed by atoms with E-state index in [1.165, 1.54) is 0 Å². The minimum atomic E-state index is 0.166. The Morgan fingerprint density at radius 1 is 1.09 bits per heavy atom. The van der Waals surface area contributed by atoms with Gasteiger partial charge in [-0.2, -0.15) is 10.5 Å². The van der Waals surface area contributed by atoms with Gasteiger partial charge in [0, 0.05) is 6.07 Å². The maximum atomic E-state index is 9.37. The highest BCUT2D eigenvalue weighted by molar-refractivity contribution is 6.32. The molecule has 4 nitrogen and oxygen atoms in total. The molecule has 0 spiro atoms. The van der Waals surface area contributed by atoms with Gasteiger partial charge in [0.25, 0.3) is 0 Å². The first-order valence-corrected chi connectivity index (χ1v) is 6.80. The Hall–Kier alpha value is -2.95. The van der Waals surface area contributed by atoms with Crippen molar-refractivity contribution in [1.82, 2.24) is 0 Å². The van der Waals surface area contributed by atoms with Crippen molar-refractivity contribution in [2.45, 2.75) is 0 Å². The highest BCUT2D eigenvalue weighted by Gasteiger charge is 2.16. The first kappa shape index (κ1) is 14.0. The van der Waals surface area contributed by atoms with Crippen LogP contribution in [-0.2, 0) is 0 Å². The fourth-order valence-electron chi connectivity index (χ4n) is 2.10. The van der Waals surface area contributed by atoms with E-state index in [1.54, 1.807) is 42.5 Å². The Bertz CT molecular complexity index is 843. The summed E-state index contributed by atoms with van der Waals surface area (Å²) in [6, 6.07) is 14.4. The summed E-state index contributed by atoms with van der Waals surface area (Å²) in [7, 11) is 0. The molecule has 0 saturated heterocycles. The zero-order valence-corrected chi connectivity index (χ0v) is 12.1. The van der Waals surface area contributed by atoms with E-state index in [-0.39, 0.29) is 6.79 Å². The molecule has 3 rings (SSSR count). The molecule has 106 valence electrons. The molecule has 5 heteroatoms. The molecule has 0 aliphatic carbocycles. The van der Waals surface area contributed by atoms with Gasteiger partial charge in [-0.15, -0.1) is 0 Å². The normalized spacial score (nSPS) is 12.6. The largest absolute Gasteiger partial charge is 0.454 e. The van der Waals surface area contributed by atoms with Crippen molar-refractivity contribution < 1.29 is 9.47 Å². The molecule has 0 saturated carbocycles. The maximum absolute atomic E-state index is 9.37. The van der Waals surface area contributed by atoms with Crippen molar-refractivity contribution in [2.24, 2.45) is 0 Å². The predicted molar refractivity (Wildman–Crippen MR) is 82.2 cm³/mol. The van der Waals surface area contributed by atoms with E-state index in [0.29, 0.717) is 33.2 Å². The summed E-state index contributed by atoms with van der Waals surface area (Å²) >= 11 is 6.21. The second-order valence-electron chi connectivity index (χ2n) is 4.59. The minimum Gasteiger partial charge on any atom is -0.454 e. The van der Waals surface area contributed by atoms with E-state index in [4.69, 9.17) is 26.3 Å². The zero-order chi connectivity index (χ0) is 15.5. The van der Waals surface area contributed by atoms with Crippen LogP contribution in [0.5, 0.6) is 11.5 Å². The molecule has 0 unspecified atom stereocenters. The number of hydrogen-bond acceptors (Lipinski definition) is 4. The number of hydrogen-bond donors (Lipinski definition) is 0. The molecule has 2 aromatic carbocycles. The minimum absolute atomic E-state index is 0.166. The van der Waals surface area contributed by atoms with Gasteiger partial charge in [0.1, 0.15) is 0 Å². The molecule has 0 bridgehead atoms. The molecule has 1 aliphatic rings. The number of fused-ring (bicyclic) bond motifs is 1. The van der Waals surface area contributed by atoms with Gasteiger partial charge in [0.05, 0.1) is 28.3 Å². The van der Waals surface area contributed by atoms with Crippen molar-refractivity contribution in [1.29, 1.82) is 10.5 Å². The molecule has 0 N–H and O–H groups in total. The van der Waals surface area contributed by atoms with Crippen LogP contribution in [0.4, 0.5) is 0 Å². The fourth-order valence-corrected chi connectivity index (χ4v) is 2.31. The van der Waals surface area contributed by atoms with E-state index in [9.17, 15) is 5.26 Å². The third kappa shape index (κ3) is 2.61. The van der Waals surface area contributed by atoms with Gasteiger partial charge in [0.15, 0.2) is 11.5 Å². The van der Waals surface area contributed by atoms with Crippen molar-refractivity contribution in [3.63, 3.8) is 0 Å². The lowest BCUT2D eigenvalue weighted by molar-refractivity contribution is 0.174. The predicted octanol–water partition coefficient (Wildman–Crippen LogP) is 4.00. The number of nitriles is 2. The summed E-state index contributed by atoms with van der Waals surface area (Å²) in [6.07, 6.45) is 1.69. The lowest BCUT2D eigenvalue weighted by Crippen LogP contribution is -1.92. The third-order valence-electron chi connectivity index (χ3n) is 3.24. The SMILES string of the molecule is N#C/C(=C/c1cc2c(cc1Cl)OCO2)c1ccc(C#N)cc1. The van der Waals surface area contributed by atoms with Gasteiger partial charge < -0.3 is 9.47 Å². The van der Waals surface area contributed by atoms with Crippen LogP contribution >= 0.6 is 11.6 Å². The summed E-state index contributed by atoms with van der Waals surface area (Å²) in [4.78, 5) is 0. The van der Waals surface area contributed by atoms with Crippen LogP contribution in [0.3, 0.4) is 0 Å². The number of rotatable bonds is 2. The second kappa shape index (κ2) is 5.81. The molecule has 0 aromatic heterocycles. The van der Waals surface area contributed by atoms with Crippen LogP contribution in [0.2, 0.25) is 5.02 Å². The van der Waals surface area contributed by atoms with Gasteiger partial charge in [-0.1, -0.05) is 23.7 Å². The Kier molecular flexibility index (Phi) is 3.70. The zero-order valence-electron chi connectivity index (χ0n) is 11.3. The first-order chi connectivity index (χ1) is 10.7. The summed E-state index contributed by atoms with van der Waals surface area (Å²) < 4.78 is 10.6. The van der Waals surface area contributed by atoms with Crippen LogP contribution in [0.15, 0.2) is 36.4 Å². The van der Waals surface area contributed by atoms with E-state index in [0.717, 1.165) is 5.56 Å². The van der Waals surface area contributed by atoms with Crippen molar-refractivity contribution in [3.8, 4) is 23.6 Å². The molecule has 0 fully saturated rings. The van der Waals surface area contributed by atoms with E-state index < -0.39 is 0 Å². The third-order valence-corrected chi connectivity index (χ3v) is 3.56. The average Bonchev–Trinajstić information content (AvgIpc) is 2.99. The van der Waals surface area contributed by atoms with Crippen molar-refractivity contribution >= 4 is 23.3 Å². The van der Waals surface area contributed by atoms with Crippen molar-refractivity contribution in [3.05, 3.63) is 58.1 Å². The lowest BCUT2D eigenvalue weighted by Gasteiger charge is -2.04. The number of allylic oxidation sites excluding steroid dienone is 1. The van der Waals surface area contributed by atoms with Crippen molar-refractivity contribution in [2.75, 3.05) is 6.79 Å². The average molecular weight is 309 g/mol. The molecule has 2 aromatic rings. The number of halogens is 1. The Morgan fingerprint density at radius 2 is 1.77 bits per heavy atom. The number of benzene rings is 2. The second-order valence-corrected chi connectivity index (χ2v) is 4.99. The monoisotopic (exact) mass is 308 g/mol. The van der Waals surface area contributed by atoms with Gasteiger partial charge >= 0.3 is 0 Å². The van der Waals surface area contributed by atoms with E-state index >= 15 is 0 Å². The molecule has 0 amide bonds. The highest BCUT2D eigenvalue weighted by atomic mass is 35.5. The smallest absolute Gasteiger partial charge is 0.231 e. The topological polar surface area (TPSA) is 66.0 Å². The van der Waals surface area contributed by atoms with Crippen LogP contribution in [-0.4, -0.2) is 6.79 Å². The maximum Gasteiger partial charge on any atom is 0.231 e. The van der Waals surface area contributed by atoms with Crippen LogP contribution < -0.4 is 9.47 Å². The number of ether oxygens (including phenoxy) is 2. The fraction of sp³-hybridized carbons (Fsp3) is 0.0588. The van der Waals surface area contributed by atoms with Gasteiger partial charge in [-0.3, -0.25) is 0 Å². The Labute approximate surface area is 132 Å². The van der Waals surface area contributed by atoms with Gasteiger partial charge in [-0.05, 0) is 35.4 Å². The van der Waals surface area contributed by atoms with Crippen LogP contribution in [0.25, 0.3) is 11.6 Å². The standard InChI is InChI=1S/C17H9ClN2O2/c18-15-7-17-16(21-10-22-17)6-13(15)5-14(9-20)12-3-1-11(8-19)2-4-12/h1-7H,10H2/b14-5-. The lowest BCUT2D eigenvalue weighted by atomic mass is 10.0. The Morgan fingerprint density at radius 3 is 2.41 bits per heavy atom. The molecule has 0 atom stereocenters. The summed E-state index contributed by atoms with van der Waals surface area (Å²) in [6.45, 7) is 0.166. The molecule has 1 aliphatic heterocycles. The molecule has 22 heavy (non-hydrogen) atoms. The molecular weight excluding hydrogens is 300 g/mol. The molecular formula is C17H9ClN2O2. The summed E-state index contributed by atoms with van der Waals surface area (Å²) in [5, 5.41) is 18.7. The Balaban J connectivity index is 2.02. The van der Waals surface area contributed by atoms with Crippen LogP contribution in [0, 0.1) is 22.7 Å². The number of nitrogens with zero attached hydrogens (tertiary/aromatic N) is 2. The van der Waals surface area contributed by atoms with Gasteiger partial charge in [-0.25, -0.2) is 0 Å². The van der Waals surface area contributed by atoms with Crippen LogP contribution in [0.1, 0.15) is 16.7 Å².